The Morgan fingerprint density at radius 1 is 1.47 bits per heavy atom. The van der Waals surface area contributed by atoms with Crippen LogP contribution >= 0.6 is 15.9 Å². The minimum absolute atomic E-state index is 0. The maximum absolute atomic E-state index is 11.5. The van der Waals surface area contributed by atoms with E-state index in [-0.39, 0.29) is 38.4 Å². The molecule has 0 heterocycles. The van der Waals surface area contributed by atoms with Crippen molar-refractivity contribution in [2.45, 2.75) is 0 Å². The molecule has 0 aliphatic carbocycles. The molecule has 0 unspecified atom stereocenters. The fourth-order valence-electron chi connectivity index (χ4n) is 0.985. The summed E-state index contributed by atoms with van der Waals surface area (Å²) in [4.78, 5) is 11.5. The summed E-state index contributed by atoms with van der Waals surface area (Å²) in [7, 11) is 0. The zero-order valence-corrected chi connectivity index (χ0v) is 12.3. The number of carbonyl (C=O) groups excluding carboxylic acids is 1. The van der Waals surface area contributed by atoms with Gasteiger partial charge in [-0.1, -0.05) is 22.0 Å². The molecule has 0 fully saturated rings. The van der Waals surface area contributed by atoms with Crippen molar-refractivity contribution in [1.82, 2.24) is 0 Å². The monoisotopic (exact) mass is 342 g/mol. The van der Waals surface area contributed by atoms with Crippen molar-refractivity contribution in [2.75, 3.05) is 0 Å². The average Bonchev–Trinajstić information content (AvgIpc) is 2.15. The van der Waals surface area contributed by atoms with Gasteiger partial charge in [-0.2, -0.15) is 18.6 Å². The summed E-state index contributed by atoms with van der Waals surface area (Å²) in [5, 5.41) is 11.1. The number of carbonyl (C=O) groups is 1. The van der Waals surface area contributed by atoms with Gasteiger partial charge in [-0.15, -0.1) is 11.2 Å². The van der Waals surface area contributed by atoms with E-state index in [0.29, 0.717) is 11.1 Å². The van der Waals surface area contributed by atoms with Crippen LogP contribution in [0.2, 0.25) is 0 Å². The van der Waals surface area contributed by atoms with E-state index in [1.165, 1.54) is 0 Å². The number of ketones is 1. The summed E-state index contributed by atoms with van der Waals surface area (Å²) < 4.78 is 0.839. The van der Waals surface area contributed by atoms with Crippen molar-refractivity contribution >= 4 is 27.4 Å². The van der Waals surface area contributed by atoms with Gasteiger partial charge in [0.05, 0.1) is 0 Å². The molecule has 5 heteroatoms. The van der Waals surface area contributed by atoms with Gasteiger partial charge < -0.3 is 10.0 Å². The number of hydrogen-bond acceptors (Lipinski definition) is 3. The molecule has 1 N–H and O–H groups in total. The van der Waals surface area contributed by atoms with Gasteiger partial charge in [-0.05, 0) is 10.2 Å². The van der Waals surface area contributed by atoms with Crippen LogP contribution in [0.15, 0.2) is 27.8 Å². The topological polar surface area (TPSA) is 49.7 Å². The summed E-state index contributed by atoms with van der Waals surface area (Å²) in [6.07, 6.45) is 0. The average molecular weight is 343 g/mol. The molecule has 0 aromatic heterocycles. The van der Waals surface area contributed by atoms with Crippen molar-refractivity contribution in [2.24, 2.45) is 5.16 Å². The van der Waals surface area contributed by atoms with E-state index in [4.69, 9.17) is 5.21 Å². The molecule has 0 amide bonds. The van der Waals surface area contributed by atoms with Crippen molar-refractivity contribution in [3.05, 3.63) is 47.6 Å². The first-order valence-corrected chi connectivity index (χ1v) is 4.55. The van der Waals surface area contributed by atoms with E-state index in [2.05, 4.69) is 34.9 Å². The Hall–Kier alpha value is -0.316. The summed E-state index contributed by atoms with van der Waals surface area (Å²) in [5.41, 5.74) is 0.752. The first-order chi connectivity index (χ1) is 6.56. The molecule has 1 aromatic carbocycles. The summed E-state index contributed by atoms with van der Waals surface area (Å²) in [6.45, 7) is 7.01. The zero-order valence-electron chi connectivity index (χ0n) is 7.90. The predicted octanol–water partition coefficient (Wildman–Crippen LogP) is 2.48. The number of Topliss-reactive ketones (excluding diaryl/α,β-unsaturated/α-hetero) is 1. The van der Waals surface area contributed by atoms with Gasteiger partial charge >= 0.3 is 0 Å². The third-order valence-electron chi connectivity index (χ3n) is 1.69. The maximum atomic E-state index is 11.5. The Balaban J connectivity index is 0.00000196. The van der Waals surface area contributed by atoms with E-state index in [0.717, 1.165) is 4.47 Å². The van der Waals surface area contributed by atoms with Crippen molar-refractivity contribution < 1.29 is 42.7 Å². The van der Waals surface area contributed by atoms with Crippen LogP contribution in [0.5, 0.6) is 0 Å². The molecule has 1 radical (unpaired) electrons. The van der Waals surface area contributed by atoms with E-state index in [1.807, 2.05) is 0 Å². The minimum Gasteiger partial charge on any atom is -0.413 e. The molecule has 0 atom stereocenters. The standard InChI is InChI=1S/C10H8BrNO2.Y/c1-6-5-8(11)3-4-9(6)10(13)7(2)12-14;/h3-5,14H,1-2H2;/q-2;/b12-7+;. The Morgan fingerprint density at radius 3 is 2.53 bits per heavy atom. The SMILES string of the molecule is [CH2-]/C(=N\O)C(=O)c1ccc(Br)cc1[CH2-].[Y]. The van der Waals surface area contributed by atoms with Crippen molar-refractivity contribution in [3.63, 3.8) is 0 Å². The molecule has 0 saturated carbocycles. The first-order valence-electron chi connectivity index (χ1n) is 3.76. The smallest absolute Gasteiger partial charge is 0.00243 e. The summed E-state index contributed by atoms with van der Waals surface area (Å²) >= 11 is 3.25. The van der Waals surface area contributed by atoms with Gasteiger partial charge in [0.25, 0.3) is 0 Å². The largest absolute Gasteiger partial charge is 0.413 e. The molecule has 77 valence electrons. The van der Waals surface area contributed by atoms with E-state index in [9.17, 15) is 4.79 Å². The second kappa shape index (κ2) is 6.31. The van der Waals surface area contributed by atoms with E-state index >= 15 is 0 Å². The Bertz CT molecular complexity index is 404. The fraction of sp³-hybridized carbons (Fsp3) is 0. The number of halogens is 1. The van der Waals surface area contributed by atoms with Crippen LogP contribution in [0.3, 0.4) is 0 Å². The van der Waals surface area contributed by atoms with Crippen LogP contribution in [0, 0.1) is 13.8 Å². The van der Waals surface area contributed by atoms with E-state index in [1.54, 1.807) is 18.2 Å². The van der Waals surface area contributed by atoms with Gasteiger partial charge in [0.1, 0.15) is 0 Å². The van der Waals surface area contributed by atoms with Crippen LogP contribution in [0.4, 0.5) is 0 Å². The molecule has 1 aromatic rings. The molecule has 0 saturated heterocycles. The first kappa shape index (κ1) is 14.7. The second-order valence-electron chi connectivity index (χ2n) is 2.68. The van der Waals surface area contributed by atoms with Gasteiger partial charge in [0.15, 0.2) is 0 Å². The third kappa shape index (κ3) is 3.63. The van der Waals surface area contributed by atoms with Gasteiger partial charge in [0, 0.05) is 38.5 Å². The van der Waals surface area contributed by atoms with Crippen LogP contribution in [-0.2, 0) is 32.7 Å². The Morgan fingerprint density at radius 2 is 2.07 bits per heavy atom. The maximum Gasteiger partial charge on any atom is 0.00243 e. The van der Waals surface area contributed by atoms with Crippen LogP contribution < -0.4 is 0 Å². The minimum atomic E-state index is -0.426. The molecule has 0 aliphatic heterocycles. The fourth-order valence-corrected chi connectivity index (χ4v) is 1.39. The zero-order chi connectivity index (χ0) is 10.7. The number of hydrogen-bond donors (Lipinski definition) is 1. The molecular formula is C10H8BrNO2Y-2. The molecule has 15 heavy (non-hydrogen) atoms. The summed E-state index contributed by atoms with van der Waals surface area (Å²) in [5.74, 6) is -0.426. The van der Waals surface area contributed by atoms with Crippen LogP contribution in [-0.4, -0.2) is 16.7 Å². The van der Waals surface area contributed by atoms with Crippen molar-refractivity contribution in [1.29, 1.82) is 0 Å². The quantitative estimate of drug-likeness (QED) is 0.295. The second-order valence-corrected chi connectivity index (χ2v) is 3.59. The molecule has 1 rings (SSSR count). The van der Waals surface area contributed by atoms with Gasteiger partial charge in [-0.3, -0.25) is 0 Å². The molecule has 3 nitrogen and oxygen atoms in total. The molecular weight excluding hydrogens is 335 g/mol. The molecule has 0 aliphatic rings. The third-order valence-corrected chi connectivity index (χ3v) is 2.19. The summed E-state index contributed by atoms with van der Waals surface area (Å²) in [6, 6.07) is 5.02. The van der Waals surface area contributed by atoms with Crippen LogP contribution in [0.25, 0.3) is 0 Å². The Labute approximate surface area is 122 Å². The normalized spacial score (nSPS) is 10.6. The van der Waals surface area contributed by atoms with E-state index < -0.39 is 5.78 Å². The van der Waals surface area contributed by atoms with Crippen molar-refractivity contribution in [3.8, 4) is 0 Å². The van der Waals surface area contributed by atoms with Gasteiger partial charge in [-0.25, -0.2) is 12.5 Å². The number of rotatable bonds is 2. The van der Waals surface area contributed by atoms with Gasteiger partial charge in [0.2, 0.25) is 0 Å². The predicted molar refractivity (Wildman–Crippen MR) is 57.5 cm³/mol. The molecule has 0 spiro atoms. The van der Waals surface area contributed by atoms with Crippen LogP contribution in [0.1, 0.15) is 15.9 Å². The number of oxime groups is 1. The molecule has 0 bridgehead atoms. The number of nitrogens with zero attached hydrogens (tertiary/aromatic N) is 1. The Kier molecular flexibility index (Phi) is 6.17. The number of benzene rings is 1.